The standard InChI is InChI=1S/C28H26N4O3S2/c1-16-8-9-20(19-10-11-19)14-21(16)32(27(29)35)28-31-24(23-13-12-22(36-23)17(2)33)25(37-28)26(34)30-15-18-6-4-3-5-7-18/h3-9,12-14,19H,10-11,15H2,1-2H3,(H2,29,35)(H,30,34). The highest BCUT2D eigenvalue weighted by molar-refractivity contribution is 7.20. The van der Waals surface area contributed by atoms with E-state index in [0.29, 0.717) is 43.6 Å². The van der Waals surface area contributed by atoms with Crippen molar-refractivity contribution in [3.63, 3.8) is 0 Å². The molecule has 0 spiro atoms. The molecule has 0 aliphatic heterocycles. The summed E-state index contributed by atoms with van der Waals surface area (Å²) in [5, 5.41) is 3.26. The molecule has 2 aromatic heterocycles. The Kier molecular flexibility index (Phi) is 6.90. The zero-order chi connectivity index (χ0) is 26.1. The average Bonchev–Trinajstić information content (AvgIpc) is 3.44. The third-order valence-electron chi connectivity index (χ3n) is 6.24. The minimum atomic E-state index is -0.678. The fourth-order valence-corrected chi connectivity index (χ4v) is 6.07. The van der Waals surface area contributed by atoms with E-state index in [1.807, 2.05) is 49.4 Å². The number of nitrogens with zero attached hydrogens (tertiary/aromatic N) is 2. The number of thiophene rings is 1. The molecule has 3 amide bonds. The van der Waals surface area contributed by atoms with Crippen LogP contribution in [0.4, 0.5) is 15.6 Å². The van der Waals surface area contributed by atoms with Gasteiger partial charge in [-0.1, -0.05) is 53.8 Å². The van der Waals surface area contributed by atoms with Crippen LogP contribution in [-0.4, -0.2) is 22.7 Å². The number of nitrogens with two attached hydrogens (primary N) is 1. The van der Waals surface area contributed by atoms with Crippen molar-refractivity contribution in [1.82, 2.24) is 10.3 Å². The Bertz CT molecular complexity index is 1490. The van der Waals surface area contributed by atoms with E-state index in [2.05, 4.69) is 11.4 Å². The van der Waals surface area contributed by atoms with Crippen LogP contribution in [0.1, 0.15) is 61.7 Å². The van der Waals surface area contributed by atoms with E-state index in [1.165, 1.54) is 23.2 Å². The van der Waals surface area contributed by atoms with Crippen molar-refractivity contribution in [3.8, 4) is 10.6 Å². The minimum Gasteiger partial charge on any atom is -0.351 e. The Hall–Kier alpha value is -3.82. The molecule has 5 rings (SSSR count). The summed E-state index contributed by atoms with van der Waals surface area (Å²) in [7, 11) is 0. The molecule has 2 aromatic carbocycles. The Balaban J connectivity index is 1.56. The minimum absolute atomic E-state index is 0.0620. The SMILES string of the molecule is CC(=O)c1ccc(-c2nc(N(C(N)=O)c3cc(C4CC4)ccc3C)sc2C(=O)NCc2ccccc2)s1. The molecule has 1 saturated carbocycles. The number of ketones is 1. The number of hydrogen-bond acceptors (Lipinski definition) is 6. The molecule has 0 atom stereocenters. The number of primary amides is 1. The number of urea groups is 1. The summed E-state index contributed by atoms with van der Waals surface area (Å²) < 4.78 is 0. The highest BCUT2D eigenvalue weighted by Crippen LogP contribution is 2.44. The van der Waals surface area contributed by atoms with E-state index in [-0.39, 0.29) is 11.7 Å². The maximum absolute atomic E-state index is 13.4. The van der Waals surface area contributed by atoms with E-state index >= 15 is 0 Å². The molecular formula is C28H26N4O3S2. The summed E-state index contributed by atoms with van der Waals surface area (Å²) in [4.78, 5) is 45.8. The molecule has 7 nitrogen and oxygen atoms in total. The van der Waals surface area contributed by atoms with E-state index in [4.69, 9.17) is 10.7 Å². The summed E-state index contributed by atoms with van der Waals surface area (Å²) in [5.74, 6) is 0.123. The Morgan fingerprint density at radius 2 is 1.81 bits per heavy atom. The maximum Gasteiger partial charge on any atom is 0.325 e. The first kappa shape index (κ1) is 24.9. The fourth-order valence-electron chi connectivity index (χ4n) is 4.09. The summed E-state index contributed by atoms with van der Waals surface area (Å²) in [6, 6.07) is 18.5. The van der Waals surface area contributed by atoms with Crippen LogP contribution in [0.3, 0.4) is 0 Å². The quantitative estimate of drug-likeness (QED) is 0.257. The fraction of sp³-hybridized carbons (Fsp3) is 0.214. The van der Waals surface area contributed by atoms with Gasteiger partial charge in [0, 0.05) is 6.54 Å². The van der Waals surface area contributed by atoms with Crippen molar-refractivity contribution in [2.75, 3.05) is 4.90 Å². The molecule has 1 fully saturated rings. The van der Waals surface area contributed by atoms with Crippen molar-refractivity contribution in [2.45, 2.75) is 39.2 Å². The van der Waals surface area contributed by atoms with E-state index in [0.717, 1.165) is 40.9 Å². The van der Waals surface area contributed by atoms with E-state index in [1.54, 1.807) is 12.1 Å². The molecular weight excluding hydrogens is 504 g/mol. The van der Waals surface area contributed by atoms with Crippen LogP contribution in [0.15, 0.2) is 60.7 Å². The first-order chi connectivity index (χ1) is 17.8. The number of amides is 3. The monoisotopic (exact) mass is 530 g/mol. The number of aromatic nitrogens is 1. The lowest BCUT2D eigenvalue weighted by atomic mass is 10.1. The van der Waals surface area contributed by atoms with Crippen LogP contribution < -0.4 is 16.0 Å². The number of carbonyl (C=O) groups excluding carboxylic acids is 3. The summed E-state index contributed by atoms with van der Waals surface area (Å²) in [6.45, 7) is 3.76. The largest absolute Gasteiger partial charge is 0.351 e. The number of rotatable bonds is 8. The number of hydrogen-bond donors (Lipinski definition) is 2. The van der Waals surface area contributed by atoms with Crippen LogP contribution >= 0.6 is 22.7 Å². The number of thiazole rings is 1. The highest BCUT2D eigenvalue weighted by Gasteiger charge is 2.29. The van der Waals surface area contributed by atoms with E-state index < -0.39 is 6.03 Å². The van der Waals surface area contributed by atoms with Crippen LogP contribution in [0.2, 0.25) is 0 Å². The van der Waals surface area contributed by atoms with Gasteiger partial charge >= 0.3 is 6.03 Å². The second-order valence-electron chi connectivity index (χ2n) is 9.06. The van der Waals surface area contributed by atoms with Crippen LogP contribution in [-0.2, 0) is 6.54 Å². The van der Waals surface area contributed by atoms with Gasteiger partial charge in [0.2, 0.25) is 0 Å². The van der Waals surface area contributed by atoms with Crippen LogP contribution in [0, 0.1) is 6.92 Å². The number of benzene rings is 2. The van der Waals surface area contributed by atoms with Crippen LogP contribution in [0.5, 0.6) is 0 Å². The first-order valence-corrected chi connectivity index (χ1v) is 13.6. The predicted molar refractivity (Wildman–Crippen MR) is 148 cm³/mol. The lowest BCUT2D eigenvalue weighted by molar-refractivity contribution is 0.0954. The lowest BCUT2D eigenvalue weighted by Crippen LogP contribution is -2.32. The maximum atomic E-state index is 13.4. The normalized spacial score (nSPS) is 12.8. The summed E-state index contributed by atoms with van der Waals surface area (Å²) >= 11 is 2.38. The second kappa shape index (κ2) is 10.3. The molecule has 0 unspecified atom stereocenters. The lowest BCUT2D eigenvalue weighted by Gasteiger charge is -2.20. The number of carbonyl (C=O) groups is 3. The number of anilines is 2. The number of Topliss-reactive ketones (excluding diaryl/α,β-unsaturated/α-hetero) is 1. The molecule has 1 aliphatic carbocycles. The van der Waals surface area contributed by atoms with Gasteiger partial charge in [-0.05, 0) is 67.5 Å². The average molecular weight is 531 g/mol. The molecule has 2 heterocycles. The van der Waals surface area contributed by atoms with Crippen molar-refractivity contribution in [3.05, 3.63) is 87.1 Å². The highest BCUT2D eigenvalue weighted by atomic mass is 32.1. The molecule has 37 heavy (non-hydrogen) atoms. The number of aryl methyl sites for hydroxylation is 1. The van der Waals surface area contributed by atoms with Gasteiger partial charge in [0.1, 0.15) is 10.6 Å². The van der Waals surface area contributed by atoms with Gasteiger partial charge in [0.05, 0.1) is 15.4 Å². The molecule has 0 radical (unpaired) electrons. The zero-order valence-electron chi connectivity index (χ0n) is 20.5. The number of nitrogens with one attached hydrogen (secondary N) is 1. The van der Waals surface area contributed by atoms with Crippen LogP contribution in [0.25, 0.3) is 10.6 Å². The zero-order valence-corrected chi connectivity index (χ0v) is 22.1. The van der Waals surface area contributed by atoms with Gasteiger partial charge in [-0.3, -0.25) is 9.59 Å². The topological polar surface area (TPSA) is 105 Å². The second-order valence-corrected chi connectivity index (χ2v) is 11.1. The Labute approximate surface area is 223 Å². The predicted octanol–water partition coefficient (Wildman–Crippen LogP) is 6.41. The molecule has 1 aliphatic rings. The third kappa shape index (κ3) is 5.33. The molecule has 9 heteroatoms. The molecule has 188 valence electrons. The van der Waals surface area contributed by atoms with Gasteiger partial charge in [0.15, 0.2) is 10.9 Å². The smallest absolute Gasteiger partial charge is 0.325 e. The third-order valence-corrected chi connectivity index (χ3v) is 8.47. The van der Waals surface area contributed by atoms with Crippen molar-refractivity contribution in [2.24, 2.45) is 5.73 Å². The Morgan fingerprint density at radius 3 is 2.46 bits per heavy atom. The van der Waals surface area contributed by atoms with Gasteiger partial charge in [-0.15, -0.1) is 11.3 Å². The van der Waals surface area contributed by atoms with Gasteiger partial charge in [-0.25, -0.2) is 14.7 Å². The molecule has 4 aromatic rings. The van der Waals surface area contributed by atoms with Crippen molar-refractivity contribution in [1.29, 1.82) is 0 Å². The van der Waals surface area contributed by atoms with Crippen molar-refractivity contribution >= 4 is 51.2 Å². The van der Waals surface area contributed by atoms with Gasteiger partial charge in [-0.2, -0.15) is 0 Å². The van der Waals surface area contributed by atoms with Gasteiger partial charge < -0.3 is 11.1 Å². The summed E-state index contributed by atoms with van der Waals surface area (Å²) in [6.07, 6.45) is 2.26. The molecule has 0 bridgehead atoms. The Morgan fingerprint density at radius 1 is 1.05 bits per heavy atom. The van der Waals surface area contributed by atoms with E-state index in [9.17, 15) is 14.4 Å². The first-order valence-electron chi connectivity index (χ1n) is 12.0. The molecule has 3 N–H and O–H groups in total. The van der Waals surface area contributed by atoms with Gasteiger partial charge in [0.25, 0.3) is 5.91 Å². The molecule has 0 saturated heterocycles. The summed E-state index contributed by atoms with van der Waals surface area (Å²) in [5.41, 5.74) is 9.96. The van der Waals surface area contributed by atoms with Crippen molar-refractivity contribution < 1.29 is 14.4 Å².